The summed E-state index contributed by atoms with van der Waals surface area (Å²) in [5, 5.41) is 6.55. The van der Waals surface area contributed by atoms with Gasteiger partial charge in [0.25, 0.3) is 0 Å². The van der Waals surface area contributed by atoms with Gasteiger partial charge in [-0.05, 0) is 73.5 Å². The van der Waals surface area contributed by atoms with Gasteiger partial charge in [0.05, 0.1) is 5.52 Å². The third-order valence-electron chi connectivity index (χ3n) is 6.28. The second-order valence-electron chi connectivity index (χ2n) is 8.82. The number of anilines is 3. The van der Waals surface area contributed by atoms with E-state index in [9.17, 15) is 8.78 Å². The number of hydrogen-bond donors (Lipinski definition) is 2. The topological polar surface area (TPSA) is 80.5 Å². The van der Waals surface area contributed by atoms with Crippen molar-refractivity contribution in [2.24, 2.45) is 0 Å². The predicted molar refractivity (Wildman–Crippen MR) is 135 cm³/mol. The van der Waals surface area contributed by atoms with E-state index in [1.54, 1.807) is 36.5 Å². The highest BCUT2D eigenvalue weighted by Crippen LogP contribution is 2.29. The van der Waals surface area contributed by atoms with Crippen molar-refractivity contribution in [2.75, 3.05) is 10.6 Å². The van der Waals surface area contributed by atoms with Crippen molar-refractivity contribution in [3.8, 4) is 17.2 Å². The number of benzene rings is 2. The van der Waals surface area contributed by atoms with Gasteiger partial charge in [-0.15, -0.1) is 0 Å². The second kappa shape index (κ2) is 9.33. The van der Waals surface area contributed by atoms with Gasteiger partial charge in [-0.25, -0.2) is 23.7 Å². The Morgan fingerprint density at radius 1 is 0.833 bits per heavy atom. The molecule has 0 unspecified atom stereocenters. The summed E-state index contributed by atoms with van der Waals surface area (Å²) in [6, 6.07) is 18.2. The third kappa shape index (κ3) is 4.47. The number of halogens is 2. The minimum Gasteiger partial charge on any atom is -0.351 e. The van der Waals surface area contributed by atoms with Crippen LogP contribution in [0.3, 0.4) is 0 Å². The average molecular weight is 484 g/mol. The second-order valence-corrected chi connectivity index (χ2v) is 8.82. The van der Waals surface area contributed by atoms with E-state index in [-0.39, 0.29) is 11.6 Å². The van der Waals surface area contributed by atoms with Crippen LogP contribution in [0.25, 0.3) is 28.4 Å². The Morgan fingerprint density at radius 3 is 2.47 bits per heavy atom. The molecular weight excluding hydrogens is 460 g/mol. The monoisotopic (exact) mass is 483 g/mol. The molecule has 3 heterocycles. The summed E-state index contributed by atoms with van der Waals surface area (Å²) in [5.74, 6) is 1.62. The van der Waals surface area contributed by atoms with E-state index in [1.807, 2.05) is 16.7 Å². The molecule has 0 saturated heterocycles. The molecular formula is C27H23F2N7. The number of hydrogen-bond acceptors (Lipinski definition) is 6. The highest BCUT2D eigenvalue weighted by atomic mass is 19.1. The first-order valence-corrected chi connectivity index (χ1v) is 11.9. The average Bonchev–Trinajstić information content (AvgIpc) is 3.52. The van der Waals surface area contributed by atoms with Crippen molar-refractivity contribution in [3.05, 3.63) is 84.6 Å². The van der Waals surface area contributed by atoms with E-state index >= 15 is 0 Å². The van der Waals surface area contributed by atoms with Crippen molar-refractivity contribution in [3.63, 3.8) is 0 Å². The summed E-state index contributed by atoms with van der Waals surface area (Å²) < 4.78 is 29.2. The fourth-order valence-electron chi connectivity index (χ4n) is 4.57. The number of pyridine rings is 1. The summed E-state index contributed by atoms with van der Waals surface area (Å²) in [6.07, 6.45) is 6.33. The third-order valence-corrected chi connectivity index (χ3v) is 6.28. The molecule has 6 rings (SSSR count). The number of imidazole rings is 1. The molecule has 180 valence electrons. The van der Waals surface area contributed by atoms with E-state index in [0.29, 0.717) is 40.8 Å². The minimum absolute atomic E-state index is 0.328. The highest BCUT2D eigenvalue weighted by molar-refractivity contribution is 5.82. The van der Waals surface area contributed by atoms with Crippen LogP contribution in [0, 0.1) is 11.6 Å². The Balaban J connectivity index is 1.44. The van der Waals surface area contributed by atoms with Crippen molar-refractivity contribution < 1.29 is 8.78 Å². The molecule has 0 spiro atoms. The SMILES string of the molecule is Fc1ccc(-c2nc3nc(Nc4cccc(F)c4)ccc3n2-c2ccnc(NC3CCCC3)n2)cc1. The highest BCUT2D eigenvalue weighted by Gasteiger charge is 2.19. The van der Waals surface area contributed by atoms with Gasteiger partial charge in [0.2, 0.25) is 5.95 Å². The predicted octanol–water partition coefficient (Wildman–Crippen LogP) is 6.25. The van der Waals surface area contributed by atoms with Crippen LogP contribution in [0.4, 0.5) is 26.2 Å². The Labute approximate surface area is 206 Å². The molecule has 2 aromatic carbocycles. The lowest BCUT2D eigenvalue weighted by molar-refractivity contribution is 0.627. The number of fused-ring (bicyclic) bond motifs is 1. The van der Waals surface area contributed by atoms with Gasteiger partial charge >= 0.3 is 0 Å². The molecule has 0 aliphatic heterocycles. The van der Waals surface area contributed by atoms with Crippen LogP contribution in [0.2, 0.25) is 0 Å². The molecule has 0 amide bonds. The first-order valence-electron chi connectivity index (χ1n) is 11.9. The fourth-order valence-corrected chi connectivity index (χ4v) is 4.57. The van der Waals surface area contributed by atoms with Crippen molar-refractivity contribution >= 4 is 28.6 Å². The van der Waals surface area contributed by atoms with E-state index in [4.69, 9.17) is 9.97 Å². The van der Waals surface area contributed by atoms with Crippen LogP contribution < -0.4 is 10.6 Å². The number of nitrogens with one attached hydrogen (secondary N) is 2. The summed E-state index contributed by atoms with van der Waals surface area (Å²) in [5.41, 5.74) is 2.50. The molecule has 1 saturated carbocycles. The zero-order chi connectivity index (χ0) is 24.5. The largest absolute Gasteiger partial charge is 0.351 e. The molecule has 0 bridgehead atoms. The minimum atomic E-state index is -0.338. The molecule has 1 fully saturated rings. The Bertz CT molecular complexity index is 1530. The van der Waals surface area contributed by atoms with Crippen LogP contribution in [-0.2, 0) is 0 Å². The van der Waals surface area contributed by atoms with Crippen molar-refractivity contribution in [1.29, 1.82) is 0 Å². The van der Waals surface area contributed by atoms with Gasteiger partial charge in [0.1, 0.15) is 29.1 Å². The van der Waals surface area contributed by atoms with Gasteiger partial charge in [0.15, 0.2) is 5.65 Å². The molecule has 9 heteroatoms. The van der Waals surface area contributed by atoms with Crippen LogP contribution in [0.15, 0.2) is 72.9 Å². The van der Waals surface area contributed by atoms with Gasteiger partial charge in [-0.1, -0.05) is 18.9 Å². The van der Waals surface area contributed by atoms with Gasteiger partial charge < -0.3 is 10.6 Å². The van der Waals surface area contributed by atoms with Crippen LogP contribution in [0.1, 0.15) is 25.7 Å². The zero-order valence-corrected chi connectivity index (χ0v) is 19.3. The Kier molecular flexibility index (Phi) is 5.73. The van der Waals surface area contributed by atoms with Gasteiger partial charge in [-0.2, -0.15) is 4.98 Å². The normalized spacial score (nSPS) is 13.8. The Morgan fingerprint density at radius 2 is 1.67 bits per heavy atom. The maximum absolute atomic E-state index is 13.7. The number of nitrogens with zero attached hydrogens (tertiary/aromatic N) is 5. The summed E-state index contributed by atoms with van der Waals surface area (Å²) in [7, 11) is 0. The number of aromatic nitrogens is 5. The first kappa shape index (κ1) is 22.1. The smallest absolute Gasteiger partial charge is 0.224 e. The van der Waals surface area contributed by atoms with E-state index in [0.717, 1.165) is 23.9 Å². The summed E-state index contributed by atoms with van der Waals surface area (Å²) >= 11 is 0. The molecule has 1 aliphatic carbocycles. The quantitative estimate of drug-likeness (QED) is 0.297. The molecule has 2 N–H and O–H groups in total. The lowest BCUT2D eigenvalue weighted by Gasteiger charge is -2.14. The van der Waals surface area contributed by atoms with Crippen LogP contribution >= 0.6 is 0 Å². The standard InChI is InChI=1S/C27H23F2N7/c28-18-10-8-17(9-11-18)26-35-25-22(12-13-23(33-25)31-21-7-3-4-19(29)16-21)36(26)24-14-15-30-27(34-24)32-20-5-1-2-6-20/h3-4,7-16,20H,1-2,5-6H2,(H,31,33)(H,30,32,34). The fraction of sp³-hybridized carbons (Fsp3) is 0.185. The van der Waals surface area contributed by atoms with Gasteiger partial charge in [-0.3, -0.25) is 4.57 Å². The van der Waals surface area contributed by atoms with E-state index in [2.05, 4.69) is 20.6 Å². The van der Waals surface area contributed by atoms with E-state index in [1.165, 1.54) is 37.1 Å². The maximum Gasteiger partial charge on any atom is 0.224 e. The van der Waals surface area contributed by atoms with Crippen molar-refractivity contribution in [2.45, 2.75) is 31.7 Å². The molecule has 36 heavy (non-hydrogen) atoms. The molecule has 1 aliphatic rings. The van der Waals surface area contributed by atoms with Gasteiger partial charge in [0, 0.05) is 23.5 Å². The van der Waals surface area contributed by atoms with Crippen molar-refractivity contribution in [1.82, 2.24) is 24.5 Å². The molecule has 0 atom stereocenters. The Hall–Kier alpha value is -4.40. The van der Waals surface area contributed by atoms with E-state index < -0.39 is 0 Å². The zero-order valence-electron chi connectivity index (χ0n) is 19.3. The lowest BCUT2D eigenvalue weighted by atomic mass is 10.2. The molecule has 5 aromatic rings. The van der Waals surface area contributed by atoms with Crippen LogP contribution in [-0.4, -0.2) is 30.5 Å². The summed E-state index contributed by atoms with van der Waals surface area (Å²) in [4.78, 5) is 18.6. The molecule has 0 radical (unpaired) electrons. The molecule has 3 aromatic heterocycles. The first-order chi connectivity index (χ1) is 17.6. The van der Waals surface area contributed by atoms with Crippen LogP contribution in [0.5, 0.6) is 0 Å². The maximum atomic E-state index is 13.7. The lowest BCUT2D eigenvalue weighted by Crippen LogP contribution is -2.17. The molecule has 7 nitrogen and oxygen atoms in total. The summed E-state index contributed by atoms with van der Waals surface area (Å²) in [6.45, 7) is 0. The number of rotatable bonds is 6.